The van der Waals surface area contributed by atoms with Crippen LogP contribution in [0.4, 0.5) is 0 Å². The molecule has 0 atom stereocenters. The van der Waals surface area contributed by atoms with Crippen LogP contribution >= 0.6 is 0 Å². The first-order valence-electron chi connectivity index (χ1n) is 9.39. The van der Waals surface area contributed by atoms with Crippen LogP contribution in [0.25, 0.3) is 21.5 Å². The summed E-state index contributed by atoms with van der Waals surface area (Å²) in [4.78, 5) is 43.5. The summed E-state index contributed by atoms with van der Waals surface area (Å²) in [5.41, 5.74) is -2.35. The minimum absolute atomic E-state index is 0. The van der Waals surface area contributed by atoms with Gasteiger partial charge in [-0.05, 0) is 44.8 Å². The number of rotatable bonds is 4. The molecule has 0 aromatic heterocycles. The molecule has 0 aliphatic carbocycles. The van der Waals surface area contributed by atoms with Gasteiger partial charge in [-0.2, -0.15) is 0 Å². The molecular weight excluding hydrogens is 639 g/mol. The van der Waals surface area contributed by atoms with Crippen molar-refractivity contribution in [3.63, 3.8) is 0 Å². The second-order valence-corrected chi connectivity index (χ2v) is 6.88. The van der Waals surface area contributed by atoms with Gasteiger partial charge >= 0.3 is 125 Å². The van der Waals surface area contributed by atoms with E-state index in [2.05, 4.69) is 0 Å². The van der Waals surface area contributed by atoms with Crippen LogP contribution in [0.1, 0.15) is 41.4 Å². The van der Waals surface area contributed by atoms with E-state index < -0.39 is 57.6 Å². The van der Waals surface area contributed by atoms with Crippen molar-refractivity contribution in [2.24, 2.45) is 0 Å². The van der Waals surface area contributed by atoms with Crippen LogP contribution in [-0.4, -0.2) is 58.5 Å². The Morgan fingerprint density at radius 1 is 0.579 bits per heavy atom. The second kappa shape index (κ2) is 16.7. The Bertz CT molecular complexity index is 1400. The fourth-order valence-electron chi connectivity index (χ4n) is 3.39. The largest absolute Gasteiger partial charge is 3.00 e. The monoisotopic (exact) mass is 650 g/mol. The molecule has 38 heavy (non-hydrogen) atoms. The molecule has 0 heterocycles. The first-order chi connectivity index (χ1) is 16.0. The van der Waals surface area contributed by atoms with Gasteiger partial charge in [0.15, 0.2) is 0 Å². The van der Waals surface area contributed by atoms with Gasteiger partial charge in [0.2, 0.25) is 0 Å². The van der Waals surface area contributed by atoms with Crippen LogP contribution < -0.4 is 109 Å². The number of hydrogen-bond acceptors (Lipinski definition) is 8. The maximum Gasteiger partial charge on any atom is 3.00 e. The van der Waals surface area contributed by atoms with E-state index in [9.17, 15) is 39.6 Å². The number of carboxylic acids is 4. The Morgan fingerprint density at radius 3 is 1.13 bits per heavy atom. The van der Waals surface area contributed by atoms with E-state index in [0.717, 1.165) is 12.1 Å². The van der Waals surface area contributed by atoms with Crippen molar-refractivity contribution < 1.29 is 138 Å². The number of aromatic carboxylic acids is 4. The number of benzene rings is 4. The van der Waals surface area contributed by atoms with Crippen molar-refractivity contribution in [3.8, 4) is 11.5 Å². The summed E-state index contributed by atoms with van der Waals surface area (Å²) in [6, 6.07) is 14.6. The molecule has 2 radical (unpaired) electrons. The topological polar surface area (TPSA) is 201 Å². The molecule has 0 aliphatic rings. The summed E-state index contributed by atoms with van der Waals surface area (Å²) < 4.78 is 0. The van der Waals surface area contributed by atoms with Gasteiger partial charge in [0.05, 0.1) is 23.1 Å². The van der Waals surface area contributed by atoms with E-state index in [4.69, 9.17) is 10.2 Å². The predicted molar refractivity (Wildman–Crippen MR) is 115 cm³/mol. The van der Waals surface area contributed by atoms with E-state index in [-0.39, 0.29) is 124 Å². The smallest absolute Gasteiger partial charge is 0.871 e. The van der Waals surface area contributed by atoms with Crippen molar-refractivity contribution in [1.29, 1.82) is 0 Å². The summed E-state index contributed by atoms with van der Waals surface area (Å²) >= 11 is 0. The molecule has 0 fully saturated rings. The third-order valence-corrected chi connectivity index (χ3v) is 4.87. The Balaban J connectivity index is 0. The number of hydrogen-bond donors (Lipinski definition) is 2. The van der Waals surface area contributed by atoms with Gasteiger partial charge in [0.1, 0.15) is 0 Å². The van der Waals surface area contributed by atoms with Crippen LogP contribution in [-0.2, 0) is 0 Å². The molecule has 10 nitrogen and oxygen atoms in total. The van der Waals surface area contributed by atoms with Gasteiger partial charge < -0.3 is 40.2 Å². The molecule has 0 saturated carbocycles. The van der Waals surface area contributed by atoms with Gasteiger partial charge in [0, 0.05) is 0 Å². The molecule has 4 aromatic rings. The molecule has 0 amide bonds. The maximum atomic E-state index is 11.7. The molecule has 0 spiro atoms. The molecule has 0 unspecified atom stereocenters. The summed E-state index contributed by atoms with van der Waals surface area (Å²) in [5, 5.41) is 63.9. The van der Waals surface area contributed by atoms with E-state index in [0.29, 0.717) is 10.8 Å². The quantitative estimate of drug-likeness (QED) is 0.200. The SMILES string of the molecule is O=C([O-])c1cc2ccccc2c(C(=O)O)c1[O-].O=C([O-])c1cc2ccccc2c(C(=O)O)c1[O-].[Na+].[Na+].[Na+].[Sb+3]. The number of fused-ring (bicyclic) bond motifs is 2. The Kier molecular flexibility index (Phi) is 17.1. The van der Waals surface area contributed by atoms with Crippen molar-refractivity contribution in [1.82, 2.24) is 0 Å². The first-order valence-corrected chi connectivity index (χ1v) is 9.39. The van der Waals surface area contributed by atoms with Crippen LogP contribution in [0, 0.1) is 0 Å². The van der Waals surface area contributed by atoms with Gasteiger partial charge in [-0.3, -0.25) is 0 Å². The van der Waals surface area contributed by atoms with E-state index in [1.807, 2.05) is 0 Å². The normalized spacial score (nSPS) is 9.26. The average molecular weight is 651 g/mol. The van der Waals surface area contributed by atoms with Crippen molar-refractivity contribution in [3.05, 3.63) is 82.9 Å². The zero-order chi connectivity index (χ0) is 25.2. The van der Waals surface area contributed by atoms with Gasteiger partial charge in [-0.1, -0.05) is 60.0 Å². The van der Waals surface area contributed by atoms with E-state index >= 15 is 0 Å². The summed E-state index contributed by atoms with van der Waals surface area (Å²) in [6.45, 7) is 0. The van der Waals surface area contributed by atoms with Gasteiger partial charge in [-0.15, -0.1) is 0 Å². The van der Waals surface area contributed by atoms with Gasteiger partial charge in [0.25, 0.3) is 0 Å². The van der Waals surface area contributed by atoms with E-state index in [1.54, 1.807) is 24.3 Å². The van der Waals surface area contributed by atoms with Crippen molar-refractivity contribution >= 4 is 69.9 Å². The number of carbonyl (C=O) groups is 4. The van der Waals surface area contributed by atoms with Crippen molar-refractivity contribution in [2.75, 3.05) is 0 Å². The second-order valence-electron chi connectivity index (χ2n) is 6.88. The van der Waals surface area contributed by atoms with Crippen molar-refractivity contribution in [2.45, 2.75) is 0 Å². The zero-order valence-electron chi connectivity index (χ0n) is 20.4. The minimum atomic E-state index is -1.68. The standard InChI is InChI=1S/2C12H8O5.3Na.Sb/c2*13-10-8(11(14)15)5-6-3-1-2-4-7(6)9(10)12(16)17;;;;/h2*1-5,13H,(H,14,15)(H,16,17);;;;/q;;3*+1;+3/p-4. The Labute approximate surface area is 299 Å². The Hall–Kier alpha value is -1.30. The summed E-state index contributed by atoms with van der Waals surface area (Å²) in [6.07, 6.45) is 0. The molecule has 0 bridgehead atoms. The van der Waals surface area contributed by atoms with E-state index in [1.165, 1.54) is 24.3 Å². The van der Waals surface area contributed by atoms with Crippen LogP contribution in [0.3, 0.4) is 0 Å². The number of carbonyl (C=O) groups excluding carboxylic acids is 2. The molecule has 0 saturated heterocycles. The zero-order valence-corrected chi connectivity index (χ0v) is 28.9. The molecule has 2 N–H and O–H groups in total. The first kappa shape index (κ1) is 38.8. The molecule has 4 rings (SSSR count). The molecular formula is C24H12Na3O10Sb+2. The van der Waals surface area contributed by atoms with Crippen LogP contribution in [0.15, 0.2) is 60.7 Å². The maximum absolute atomic E-state index is 11.7. The summed E-state index contributed by atoms with van der Waals surface area (Å²) in [5.74, 6) is -8.32. The summed E-state index contributed by atoms with van der Waals surface area (Å²) in [7, 11) is 0. The predicted octanol–water partition coefficient (Wildman–Crippen LogP) is -9.42. The number of carboxylic acid groups (broad SMARTS) is 4. The fraction of sp³-hybridized carbons (Fsp3) is 0. The molecule has 0 aliphatic heterocycles. The van der Waals surface area contributed by atoms with Gasteiger partial charge in [-0.25, -0.2) is 9.59 Å². The third kappa shape index (κ3) is 8.35. The Morgan fingerprint density at radius 2 is 0.868 bits per heavy atom. The fourth-order valence-corrected chi connectivity index (χ4v) is 3.39. The molecule has 4 aromatic carbocycles. The van der Waals surface area contributed by atoms with Crippen LogP contribution in [0.2, 0.25) is 0 Å². The minimum Gasteiger partial charge on any atom is -0.871 e. The van der Waals surface area contributed by atoms with Crippen LogP contribution in [0.5, 0.6) is 11.5 Å². The average Bonchev–Trinajstić information content (AvgIpc) is 2.77. The third-order valence-electron chi connectivity index (χ3n) is 4.87. The molecule has 14 heteroatoms. The molecule has 174 valence electrons.